The Morgan fingerprint density at radius 3 is 1.16 bits per heavy atom. The summed E-state index contributed by atoms with van der Waals surface area (Å²) in [7, 11) is 7.40. The molecule has 756 valence electrons. The molecular formula is C110H132N26O9. The minimum Gasteiger partial charge on any atom is -0.381 e. The van der Waals surface area contributed by atoms with Crippen LogP contribution in [0.3, 0.4) is 0 Å². The summed E-state index contributed by atoms with van der Waals surface area (Å²) in [4.78, 5) is 88.6. The van der Waals surface area contributed by atoms with Crippen molar-refractivity contribution >= 4 is 75.6 Å². The highest BCUT2D eigenvalue weighted by atomic mass is 16.5. The van der Waals surface area contributed by atoms with E-state index in [1.807, 2.05) is 95.2 Å². The molecule has 0 bridgehead atoms. The van der Waals surface area contributed by atoms with Crippen LogP contribution in [0.15, 0.2) is 116 Å². The fourth-order valence-electron chi connectivity index (χ4n) is 23.8. The van der Waals surface area contributed by atoms with E-state index in [2.05, 4.69) is 136 Å². The number of hydrogen-bond donors (Lipinski definition) is 1. The lowest BCUT2D eigenvalue weighted by molar-refractivity contribution is -0.133. The number of ether oxygens (including phenoxy) is 4. The van der Waals surface area contributed by atoms with E-state index in [1.54, 1.807) is 37.8 Å². The second-order valence-electron chi connectivity index (χ2n) is 41.0. The number of pyridine rings is 2. The lowest BCUT2D eigenvalue weighted by Gasteiger charge is -2.33. The average molecular weight is 1960 g/mol. The van der Waals surface area contributed by atoms with Gasteiger partial charge in [-0.1, -0.05) is 25.1 Å². The zero-order valence-electron chi connectivity index (χ0n) is 84.6. The van der Waals surface area contributed by atoms with Gasteiger partial charge in [0.2, 0.25) is 23.6 Å². The van der Waals surface area contributed by atoms with Gasteiger partial charge in [0, 0.05) is 300 Å². The molecule has 35 heteroatoms. The zero-order chi connectivity index (χ0) is 99.2. The number of nitrogens with zero attached hydrogens (tertiary/aromatic N) is 25. The monoisotopic (exact) mass is 1960 g/mol. The maximum atomic E-state index is 13.0. The van der Waals surface area contributed by atoms with Crippen LogP contribution in [-0.2, 0) is 137 Å². The third-order valence-electron chi connectivity index (χ3n) is 31.8. The van der Waals surface area contributed by atoms with Crippen LogP contribution in [0.4, 0.5) is 46.0 Å². The standard InChI is InChI=1S/C30H33N7O3.C28H34N6O2.C27H34N6O2.C25H31N7O2/c1-19(38)35-11-7-27-25(18-35)29(34-37(27)23-8-12-40-13-9-23)36-10-3-4-20-14-24(22(16-31)15-28(20)36)21-5-6-26(33-17-21)30(39)32-2;1-31-17-22(16-29-31)20-6-7-25-21(15-20)3-2-11-33(25)27-24-18-32(28(35)19-4-5-19)12-8-26(24)34(30-27)23-9-13-36-14-10-23;1-3-26(34)31-12-8-25-23(18-31)27(29-33(25)22-9-13-35-14-10-22)32-11-4-5-20-15-19(6-7-24(20)32)21-16-28-30(2)17-21;1-17(33)30-9-5-23-21(16-30)25(28-32(23)20-6-10-34-11-7-20)31-8-3-4-18-12-22(26-14-24(18)31)19-13-27-29(2)15-19/h5-6,14-15,17,23H,3-4,7-13,18H2,1-2H3,(H,32,39);6-7,15-17,19,23H,2-5,8-14,18H2,1H3;6-7,15-17,22H,3-5,8-14,18H2,1-2H3;12-15,20H,3-11,16H2,1-2H3. The third kappa shape index (κ3) is 19.5. The van der Waals surface area contributed by atoms with E-state index < -0.39 is 0 Å². The van der Waals surface area contributed by atoms with E-state index in [0.29, 0.717) is 74.4 Å². The molecule has 0 radical (unpaired) electrons. The van der Waals surface area contributed by atoms with Gasteiger partial charge in [-0.15, -0.1) is 0 Å². The summed E-state index contributed by atoms with van der Waals surface area (Å²) < 4.78 is 37.1. The number of carbonyl (C=O) groups is 5. The molecule has 1 saturated carbocycles. The van der Waals surface area contributed by atoms with Gasteiger partial charge < -0.3 is 63.5 Å². The molecule has 5 amide bonds. The van der Waals surface area contributed by atoms with Crippen LogP contribution in [0.1, 0.15) is 225 Å². The highest BCUT2D eigenvalue weighted by molar-refractivity contribution is 5.93. The van der Waals surface area contributed by atoms with Gasteiger partial charge in [0.15, 0.2) is 23.3 Å². The van der Waals surface area contributed by atoms with Crippen molar-refractivity contribution in [3.63, 3.8) is 0 Å². The molecule has 0 atom stereocenters. The summed E-state index contributed by atoms with van der Waals surface area (Å²) in [5, 5.41) is 46.8. The topological polar surface area (TPSA) is 335 Å². The number of aromatic nitrogens is 16. The van der Waals surface area contributed by atoms with Crippen LogP contribution in [0, 0.1) is 17.2 Å². The second-order valence-corrected chi connectivity index (χ2v) is 41.0. The van der Waals surface area contributed by atoms with Gasteiger partial charge in [-0.2, -0.15) is 41.0 Å². The van der Waals surface area contributed by atoms with Gasteiger partial charge in [0.05, 0.1) is 98.1 Å². The Bertz CT molecular complexity index is 6880. The van der Waals surface area contributed by atoms with Gasteiger partial charge in [-0.25, -0.2) is 0 Å². The van der Waals surface area contributed by atoms with Crippen LogP contribution in [0.25, 0.3) is 44.6 Å². The molecule has 0 unspecified atom stereocenters. The van der Waals surface area contributed by atoms with Gasteiger partial charge in [-0.3, -0.25) is 66.7 Å². The minimum absolute atomic E-state index is 0.0712. The molecule has 145 heavy (non-hydrogen) atoms. The Kier molecular flexibility index (Phi) is 27.7. The lowest BCUT2D eigenvalue weighted by atomic mass is 9.92. The van der Waals surface area contributed by atoms with E-state index in [-0.39, 0.29) is 35.6 Å². The molecule has 1 N–H and O–H groups in total. The number of nitrogens with one attached hydrogen (secondary N) is 1. The number of nitriles is 1. The molecule has 35 nitrogen and oxygen atoms in total. The van der Waals surface area contributed by atoms with Crippen LogP contribution < -0.4 is 24.9 Å². The van der Waals surface area contributed by atoms with Gasteiger partial charge in [-0.05, 0) is 197 Å². The summed E-state index contributed by atoms with van der Waals surface area (Å²) in [6, 6.07) is 27.1. The Morgan fingerprint density at radius 2 is 0.772 bits per heavy atom. The summed E-state index contributed by atoms with van der Waals surface area (Å²) >= 11 is 0. The molecule has 12 aliphatic heterocycles. The first-order chi connectivity index (χ1) is 70.8. The number of carbonyl (C=O) groups excluding carboxylic acids is 5. The third-order valence-corrected chi connectivity index (χ3v) is 31.8. The summed E-state index contributed by atoms with van der Waals surface area (Å²) in [5.41, 5.74) is 28.8. The normalized spacial score (nSPS) is 18.6. The average Bonchev–Trinajstić information content (AvgIpc) is 1.61. The van der Waals surface area contributed by atoms with E-state index in [1.165, 1.54) is 78.7 Å². The Balaban J connectivity index is 0.000000110. The quantitative estimate of drug-likeness (QED) is 0.0996. The predicted molar refractivity (Wildman–Crippen MR) is 549 cm³/mol. The number of amides is 5. The molecule has 5 fully saturated rings. The van der Waals surface area contributed by atoms with Crippen molar-refractivity contribution < 1.29 is 42.9 Å². The van der Waals surface area contributed by atoms with E-state index in [9.17, 15) is 29.2 Å². The van der Waals surface area contributed by atoms with Crippen molar-refractivity contribution in [1.82, 2.24) is 103 Å². The smallest absolute Gasteiger partial charge is 0.269 e. The molecule has 3 aromatic carbocycles. The Morgan fingerprint density at radius 1 is 0.393 bits per heavy atom. The van der Waals surface area contributed by atoms with E-state index in [0.717, 1.165) is 319 Å². The maximum absolute atomic E-state index is 13.0. The molecule has 4 saturated heterocycles. The molecule has 0 spiro atoms. The van der Waals surface area contributed by atoms with Crippen molar-refractivity contribution in [3.05, 3.63) is 195 Å². The Labute approximate surface area is 845 Å². The molecule has 13 aliphatic rings. The molecular weight excluding hydrogens is 1830 g/mol. The number of benzene rings is 3. The van der Waals surface area contributed by atoms with E-state index >= 15 is 0 Å². The van der Waals surface area contributed by atoms with Gasteiger partial charge >= 0.3 is 0 Å². The van der Waals surface area contributed by atoms with Crippen molar-refractivity contribution in [1.29, 1.82) is 5.26 Å². The highest BCUT2D eigenvalue weighted by Gasteiger charge is 2.43. The summed E-state index contributed by atoms with van der Waals surface area (Å²) in [6.45, 7) is 20.5. The second kappa shape index (κ2) is 41.8. The molecule has 1 aliphatic carbocycles. The van der Waals surface area contributed by atoms with Crippen LogP contribution in [0.2, 0.25) is 0 Å². The molecule has 9 aromatic heterocycles. The van der Waals surface area contributed by atoms with E-state index in [4.69, 9.17) is 44.3 Å². The first kappa shape index (κ1) is 96.1. The lowest BCUT2D eigenvalue weighted by Crippen LogP contribution is -2.38. The van der Waals surface area contributed by atoms with Crippen LogP contribution in [0.5, 0.6) is 0 Å². The predicted octanol–water partition coefficient (Wildman–Crippen LogP) is 14.6. The fraction of sp³-hybridized carbons (Fsp3) is 0.500. The Hall–Kier alpha value is -13.7. The SMILES string of the molecule is CC(=O)N1CCc2c(c(N3CCCc4cc(-c5cnn(C)c5)ncc43)nn2C2CCOCC2)C1.CCC(=O)N1CCc2c(c(N3CCCc4cc(-c5cnn(C)c5)ccc43)nn2C2CCOCC2)C1.CNC(=O)c1ccc(-c2cc3c(cc2C#N)N(c2nn(C4CCOCC4)c4c2CN(C(C)=O)CC4)CCC3)cn1.Cn1cc(-c2ccc3c(c2)CCCN3c2nn(C3CCOCC3)c3c2CN(C(=O)C2CC2)CC3)cn1. The van der Waals surface area contributed by atoms with Crippen molar-refractivity contribution in [3.8, 4) is 50.7 Å². The minimum atomic E-state index is -0.250. The highest BCUT2D eigenvalue weighted by Crippen LogP contribution is 2.49. The fourth-order valence-corrected chi connectivity index (χ4v) is 23.8. The largest absolute Gasteiger partial charge is 0.381 e. The number of fused-ring (bicyclic) bond motifs is 8. The molecule has 25 rings (SSSR count). The molecule has 21 heterocycles. The van der Waals surface area contributed by atoms with Crippen molar-refractivity contribution in [2.75, 3.05) is 132 Å². The number of hydrogen-bond acceptors (Lipinski definition) is 23. The van der Waals surface area contributed by atoms with Gasteiger partial charge in [0.1, 0.15) is 5.69 Å². The first-order valence-corrected chi connectivity index (χ1v) is 52.7. The number of anilines is 8. The van der Waals surface area contributed by atoms with Crippen molar-refractivity contribution in [2.45, 2.75) is 219 Å². The summed E-state index contributed by atoms with van der Waals surface area (Å²) in [6.07, 6.45) is 37.5. The summed E-state index contributed by atoms with van der Waals surface area (Å²) in [5.74, 6) is 4.73. The van der Waals surface area contributed by atoms with Crippen LogP contribution in [-0.4, -0.2) is 240 Å². The zero-order valence-corrected chi connectivity index (χ0v) is 84.6. The van der Waals surface area contributed by atoms with Crippen molar-refractivity contribution in [2.24, 2.45) is 27.1 Å². The first-order valence-electron chi connectivity index (χ1n) is 52.7. The molecule has 12 aromatic rings. The van der Waals surface area contributed by atoms with Crippen LogP contribution >= 0.6 is 0 Å². The number of rotatable bonds is 15. The number of aryl methyl sites for hydroxylation is 7. The van der Waals surface area contributed by atoms with Gasteiger partial charge in [0.25, 0.3) is 5.91 Å². The maximum Gasteiger partial charge on any atom is 0.269 e.